The standard InChI is InChI=1S/C14H9FN4.C2H6/c15-11-5-2-1-4-10(11)8-12-14-17-6-3-7-19(14)13(9-16)18-12;1-2/h1-7H,8H2;1-2H3. The molecular formula is C16H15FN4. The van der Waals surface area contributed by atoms with Crippen molar-refractivity contribution >= 4 is 5.65 Å². The van der Waals surface area contributed by atoms with E-state index in [0.717, 1.165) is 0 Å². The minimum Gasteiger partial charge on any atom is -0.275 e. The summed E-state index contributed by atoms with van der Waals surface area (Å²) < 4.78 is 15.3. The van der Waals surface area contributed by atoms with Gasteiger partial charge in [-0.1, -0.05) is 32.0 Å². The fourth-order valence-corrected chi connectivity index (χ4v) is 2.01. The van der Waals surface area contributed by atoms with Crippen molar-refractivity contribution in [2.24, 2.45) is 0 Å². The number of hydrogen-bond donors (Lipinski definition) is 0. The highest BCUT2D eigenvalue weighted by Gasteiger charge is 2.13. The van der Waals surface area contributed by atoms with E-state index in [9.17, 15) is 4.39 Å². The Balaban J connectivity index is 0.000000774. The van der Waals surface area contributed by atoms with Crippen molar-refractivity contribution in [1.29, 1.82) is 5.26 Å². The molecule has 4 nitrogen and oxygen atoms in total. The van der Waals surface area contributed by atoms with Gasteiger partial charge in [-0.15, -0.1) is 0 Å². The van der Waals surface area contributed by atoms with Crippen LogP contribution in [0.15, 0.2) is 42.7 Å². The van der Waals surface area contributed by atoms with Crippen LogP contribution in [0.3, 0.4) is 0 Å². The normalized spacial score (nSPS) is 9.81. The first-order chi connectivity index (χ1) is 10.3. The first-order valence-electron chi connectivity index (χ1n) is 6.75. The molecule has 0 atom stereocenters. The van der Waals surface area contributed by atoms with Gasteiger partial charge in [0, 0.05) is 18.8 Å². The van der Waals surface area contributed by atoms with Crippen molar-refractivity contribution < 1.29 is 4.39 Å². The van der Waals surface area contributed by atoms with E-state index in [1.54, 1.807) is 41.1 Å². The van der Waals surface area contributed by atoms with Gasteiger partial charge in [-0.3, -0.25) is 4.40 Å². The van der Waals surface area contributed by atoms with Gasteiger partial charge in [0.15, 0.2) is 5.65 Å². The predicted octanol–water partition coefficient (Wildman–Crippen LogP) is 3.36. The summed E-state index contributed by atoms with van der Waals surface area (Å²) in [7, 11) is 0. The van der Waals surface area contributed by atoms with Crippen LogP contribution in [0.25, 0.3) is 5.65 Å². The molecule has 0 aliphatic heterocycles. The van der Waals surface area contributed by atoms with E-state index in [2.05, 4.69) is 9.97 Å². The van der Waals surface area contributed by atoms with Gasteiger partial charge in [-0.05, 0) is 17.7 Å². The van der Waals surface area contributed by atoms with E-state index in [4.69, 9.17) is 5.26 Å². The lowest BCUT2D eigenvalue weighted by Gasteiger charge is -2.00. The van der Waals surface area contributed by atoms with Crippen LogP contribution in [0.5, 0.6) is 0 Å². The number of rotatable bonds is 2. The first-order valence-corrected chi connectivity index (χ1v) is 6.75. The molecule has 0 spiro atoms. The van der Waals surface area contributed by atoms with Crippen molar-refractivity contribution in [3.05, 3.63) is 65.6 Å². The van der Waals surface area contributed by atoms with Crippen LogP contribution in [0, 0.1) is 17.1 Å². The van der Waals surface area contributed by atoms with E-state index >= 15 is 0 Å². The lowest BCUT2D eigenvalue weighted by Crippen LogP contribution is -1.94. The number of nitriles is 1. The number of hydrogen-bond acceptors (Lipinski definition) is 3. The largest absolute Gasteiger partial charge is 0.275 e. The lowest BCUT2D eigenvalue weighted by molar-refractivity contribution is 0.613. The average Bonchev–Trinajstić information content (AvgIpc) is 2.90. The molecule has 1 aromatic carbocycles. The Morgan fingerprint density at radius 2 is 2.00 bits per heavy atom. The van der Waals surface area contributed by atoms with Crippen molar-refractivity contribution in [2.45, 2.75) is 20.3 Å². The summed E-state index contributed by atoms with van der Waals surface area (Å²) in [6.07, 6.45) is 3.66. The fourth-order valence-electron chi connectivity index (χ4n) is 2.01. The van der Waals surface area contributed by atoms with Crippen LogP contribution in [-0.4, -0.2) is 14.4 Å². The number of aromatic nitrogens is 3. The monoisotopic (exact) mass is 282 g/mol. The maximum Gasteiger partial charge on any atom is 0.218 e. The molecule has 3 aromatic rings. The molecule has 0 amide bonds. The highest BCUT2D eigenvalue weighted by atomic mass is 19.1. The average molecular weight is 282 g/mol. The molecule has 106 valence electrons. The summed E-state index contributed by atoms with van der Waals surface area (Å²) in [6.45, 7) is 4.00. The quantitative estimate of drug-likeness (QED) is 0.724. The van der Waals surface area contributed by atoms with Crippen LogP contribution in [0.4, 0.5) is 4.39 Å². The minimum absolute atomic E-state index is 0.259. The van der Waals surface area contributed by atoms with Crippen LogP contribution < -0.4 is 0 Å². The second-order valence-electron chi connectivity index (χ2n) is 4.08. The molecule has 0 bridgehead atoms. The predicted molar refractivity (Wildman–Crippen MR) is 78.3 cm³/mol. The zero-order valence-corrected chi connectivity index (χ0v) is 11.9. The first kappa shape index (κ1) is 14.7. The minimum atomic E-state index is -0.280. The van der Waals surface area contributed by atoms with Crippen LogP contribution >= 0.6 is 0 Å². The molecule has 0 saturated carbocycles. The van der Waals surface area contributed by atoms with Crippen molar-refractivity contribution in [2.75, 3.05) is 0 Å². The summed E-state index contributed by atoms with van der Waals surface area (Å²) >= 11 is 0. The summed E-state index contributed by atoms with van der Waals surface area (Å²) in [5.74, 6) is -0.0208. The van der Waals surface area contributed by atoms with Gasteiger partial charge in [-0.25, -0.2) is 14.4 Å². The second-order valence-corrected chi connectivity index (χ2v) is 4.08. The summed E-state index contributed by atoms with van der Waals surface area (Å²) in [5, 5.41) is 9.03. The number of fused-ring (bicyclic) bond motifs is 1. The van der Waals surface area contributed by atoms with Gasteiger partial charge < -0.3 is 0 Å². The number of imidazole rings is 1. The summed E-state index contributed by atoms with van der Waals surface area (Å²) in [5.41, 5.74) is 1.72. The molecule has 0 radical (unpaired) electrons. The van der Waals surface area contributed by atoms with Crippen LogP contribution in [-0.2, 0) is 6.42 Å². The highest BCUT2D eigenvalue weighted by molar-refractivity contribution is 5.49. The maximum atomic E-state index is 13.6. The van der Waals surface area contributed by atoms with Gasteiger partial charge >= 0.3 is 0 Å². The number of benzene rings is 1. The third kappa shape index (κ3) is 2.90. The molecule has 2 aromatic heterocycles. The Kier molecular flexibility index (Phi) is 4.62. The Morgan fingerprint density at radius 1 is 1.24 bits per heavy atom. The van der Waals surface area contributed by atoms with Crippen molar-refractivity contribution in [1.82, 2.24) is 14.4 Å². The van der Waals surface area contributed by atoms with Crippen LogP contribution in [0.2, 0.25) is 0 Å². The zero-order chi connectivity index (χ0) is 15.2. The van der Waals surface area contributed by atoms with E-state index in [-0.39, 0.29) is 11.6 Å². The molecule has 0 aliphatic rings. The van der Waals surface area contributed by atoms with E-state index in [1.807, 2.05) is 19.9 Å². The topological polar surface area (TPSA) is 54.0 Å². The molecule has 0 N–H and O–H groups in total. The van der Waals surface area contributed by atoms with Gasteiger partial charge in [0.25, 0.3) is 0 Å². The van der Waals surface area contributed by atoms with E-state index in [1.165, 1.54) is 6.07 Å². The van der Waals surface area contributed by atoms with Gasteiger partial charge in [0.2, 0.25) is 5.82 Å². The van der Waals surface area contributed by atoms with E-state index in [0.29, 0.717) is 23.3 Å². The molecule has 0 unspecified atom stereocenters. The fraction of sp³-hybridized carbons (Fsp3) is 0.188. The smallest absolute Gasteiger partial charge is 0.218 e. The van der Waals surface area contributed by atoms with Gasteiger partial charge in [0.05, 0.1) is 5.69 Å². The highest BCUT2D eigenvalue weighted by Crippen LogP contribution is 2.16. The van der Waals surface area contributed by atoms with Gasteiger partial charge in [-0.2, -0.15) is 5.26 Å². The molecular weight excluding hydrogens is 267 g/mol. The molecule has 2 heterocycles. The SMILES string of the molecule is CC.N#Cc1nc(Cc2ccccc2F)c2ncccn12. The van der Waals surface area contributed by atoms with Crippen molar-refractivity contribution in [3.63, 3.8) is 0 Å². The maximum absolute atomic E-state index is 13.6. The Hall–Kier alpha value is -2.74. The molecule has 5 heteroatoms. The molecule has 0 saturated heterocycles. The lowest BCUT2D eigenvalue weighted by atomic mass is 10.1. The third-order valence-corrected chi connectivity index (χ3v) is 2.89. The van der Waals surface area contributed by atoms with Gasteiger partial charge in [0.1, 0.15) is 11.9 Å². The summed E-state index contributed by atoms with van der Waals surface area (Å²) in [4.78, 5) is 8.42. The van der Waals surface area contributed by atoms with E-state index < -0.39 is 0 Å². The number of nitrogens with zero attached hydrogens (tertiary/aromatic N) is 4. The second kappa shape index (κ2) is 6.62. The molecule has 0 aliphatic carbocycles. The van der Waals surface area contributed by atoms with Crippen molar-refractivity contribution in [3.8, 4) is 6.07 Å². The molecule has 0 fully saturated rings. The third-order valence-electron chi connectivity index (χ3n) is 2.89. The Labute approximate surface area is 122 Å². The molecule has 21 heavy (non-hydrogen) atoms. The summed E-state index contributed by atoms with van der Waals surface area (Å²) in [6, 6.07) is 10.3. The molecule has 3 rings (SSSR count). The zero-order valence-electron chi connectivity index (χ0n) is 11.9. The Bertz CT molecular complexity index is 786. The van der Waals surface area contributed by atoms with Crippen LogP contribution in [0.1, 0.15) is 30.9 Å². The number of halogens is 1. The Morgan fingerprint density at radius 3 is 2.71 bits per heavy atom.